The van der Waals surface area contributed by atoms with E-state index in [2.05, 4.69) is 6.92 Å². The second-order valence-corrected chi connectivity index (χ2v) is 5.31. The molecule has 0 bridgehead atoms. The van der Waals surface area contributed by atoms with Gasteiger partial charge in [0.05, 0.1) is 0 Å². The molecule has 0 aliphatic carbocycles. The summed E-state index contributed by atoms with van der Waals surface area (Å²) in [6.07, 6.45) is 0.971. The van der Waals surface area contributed by atoms with Crippen LogP contribution in [0.25, 0.3) is 0 Å². The highest BCUT2D eigenvalue weighted by molar-refractivity contribution is 5.94. The second-order valence-electron chi connectivity index (χ2n) is 5.31. The minimum Gasteiger partial charge on any atom is -0.508 e. The summed E-state index contributed by atoms with van der Waals surface area (Å²) in [5.74, 6) is 0.659. The number of phenolic OH excluding ortho intramolecular Hbond substituents is 1. The number of likely N-dealkylation sites (tertiary alicyclic amines) is 1. The van der Waals surface area contributed by atoms with Crippen molar-refractivity contribution in [1.29, 1.82) is 0 Å². The molecule has 1 heterocycles. The summed E-state index contributed by atoms with van der Waals surface area (Å²) >= 11 is 0. The number of phenols is 1. The molecule has 1 aromatic carbocycles. The van der Waals surface area contributed by atoms with Gasteiger partial charge in [-0.25, -0.2) is 0 Å². The first-order valence-corrected chi connectivity index (χ1v) is 6.32. The molecule has 4 heteroatoms. The number of hydrogen-bond acceptors (Lipinski definition) is 3. The average Bonchev–Trinajstić information content (AvgIpc) is 2.30. The highest BCUT2D eigenvalue weighted by atomic mass is 16.3. The Morgan fingerprint density at radius 3 is 2.78 bits per heavy atom. The minimum atomic E-state index is 0.0000926. The molecule has 98 valence electrons. The Morgan fingerprint density at radius 2 is 2.17 bits per heavy atom. The van der Waals surface area contributed by atoms with Gasteiger partial charge in [-0.3, -0.25) is 4.79 Å². The predicted molar refractivity (Wildman–Crippen MR) is 70.5 cm³/mol. The fraction of sp³-hybridized carbons (Fsp3) is 0.500. The molecule has 1 saturated heterocycles. The van der Waals surface area contributed by atoms with E-state index in [1.165, 1.54) is 0 Å². The lowest BCUT2D eigenvalue weighted by molar-refractivity contribution is 0.0661. The maximum Gasteiger partial charge on any atom is 0.253 e. The summed E-state index contributed by atoms with van der Waals surface area (Å²) in [7, 11) is 0. The maximum absolute atomic E-state index is 12.3. The Bertz CT molecular complexity index is 449. The summed E-state index contributed by atoms with van der Waals surface area (Å²) in [5, 5.41) is 9.48. The Kier molecular flexibility index (Phi) is 3.57. The van der Waals surface area contributed by atoms with Gasteiger partial charge in [-0.1, -0.05) is 6.92 Å². The number of nitrogens with two attached hydrogens (primary N) is 1. The van der Waals surface area contributed by atoms with Crippen molar-refractivity contribution in [2.45, 2.75) is 26.3 Å². The van der Waals surface area contributed by atoms with Gasteiger partial charge in [0.15, 0.2) is 0 Å². The lowest BCUT2D eigenvalue weighted by atomic mass is 9.96. The van der Waals surface area contributed by atoms with Crippen molar-refractivity contribution in [3.8, 4) is 5.75 Å². The highest BCUT2D eigenvalue weighted by Gasteiger charge is 2.26. The van der Waals surface area contributed by atoms with E-state index in [0.717, 1.165) is 18.5 Å². The van der Waals surface area contributed by atoms with Gasteiger partial charge in [-0.15, -0.1) is 0 Å². The average molecular weight is 248 g/mol. The fourth-order valence-electron chi connectivity index (χ4n) is 2.54. The quantitative estimate of drug-likeness (QED) is 0.791. The van der Waals surface area contributed by atoms with E-state index in [4.69, 9.17) is 5.73 Å². The topological polar surface area (TPSA) is 66.6 Å². The first-order valence-electron chi connectivity index (χ1n) is 6.32. The van der Waals surface area contributed by atoms with Crippen LogP contribution in [-0.2, 0) is 0 Å². The molecule has 0 aromatic heterocycles. The van der Waals surface area contributed by atoms with Crippen LogP contribution < -0.4 is 5.73 Å². The molecule has 2 rings (SSSR count). The minimum absolute atomic E-state index is 0.0000926. The summed E-state index contributed by atoms with van der Waals surface area (Å²) < 4.78 is 0. The number of aromatic hydroxyl groups is 1. The molecule has 1 aromatic rings. The Hall–Kier alpha value is -1.55. The fourth-order valence-corrected chi connectivity index (χ4v) is 2.54. The van der Waals surface area contributed by atoms with Crippen LogP contribution in [-0.4, -0.2) is 35.0 Å². The summed E-state index contributed by atoms with van der Waals surface area (Å²) in [4.78, 5) is 14.2. The van der Waals surface area contributed by atoms with Gasteiger partial charge in [-0.05, 0) is 43.0 Å². The van der Waals surface area contributed by atoms with Crippen LogP contribution in [0, 0.1) is 12.8 Å². The lowest BCUT2D eigenvalue weighted by Gasteiger charge is -2.34. The van der Waals surface area contributed by atoms with Crippen LogP contribution >= 0.6 is 0 Å². The van der Waals surface area contributed by atoms with Crippen molar-refractivity contribution in [1.82, 2.24) is 4.90 Å². The molecule has 0 spiro atoms. The van der Waals surface area contributed by atoms with E-state index < -0.39 is 0 Å². The van der Waals surface area contributed by atoms with Gasteiger partial charge in [0.2, 0.25) is 0 Å². The number of rotatable bonds is 1. The molecule has 1 fully saturated rings. The van der Waals surface area contributed by atoms with Crippen LogP contribution in [0.4, 0.5) is 0 Å². The number of carbonyl (C=O) groups excluding carboxylic acids is 1. The SMILES string of the molecule is Cc1cc(C(=O)N2CC(C)CC(N)C2)ccc1O. The van der Waals surface area contributed by atoms with Crippen molar-refractivity contribution in [3.63, 3.8) is 0 Å². The Labute approximate surface area is 107 Å². The zero-order valence-electron chi connectivity index (χ0n) is 10.9. The van der Waals surface area contributed by atoms with E-state index in [9.17, 15) is 9.90 Å². The molecule has 4 nitrogen and oxygen atoms in total. The first-order chi connectivity index (χ1) is 8.47. The molecule has 0 radical (unpaired) electrons. The molecule has 3 N–H and O–H groups in total. The molecule has 2 atom stereocenters. The number of hydrogen-bond donors (Lipinski definition) is 2. The molecule has 0 saturated carbocycles. The van der Waals surface area contributed by atoms with E-state index in [1.54, 1.807) is 25.1 Å². The van der Waals surface area contributed by atoms with Crippen LogP contribution in [0.3, 0.4) is 0 Å². The van der Waals surface area contributed by atoms with Gasteiger partial charge in [0.25, 0.3) is 5.91 Å². The summed E-state index contributed by atoms with van der Waals surface area (Å²) in [5.41, 5.74) is 7.29. The van der Waals surface area contributed by atoms with Crippen molar-refractivity contribution >= 4 is 5.91 Å². The molecule has 1 aliphatic rings. The molecule has 18 heavy (non-hydrogen) atoms. The number of aryl methyl sites for hydroxylation is 1. The van der Waals surface area contributed by atoms with E-state index >= 15 is 0 Å². The van der Waals surface area contributed by atoms with Gasteiger partial charge >= 0.3 is 0 Å². The lowest BCUT2D eigenvalue weighted by Crippen LogP contribution is -2.48. The van der Waals surface area contributed by atoms with E-state index in [0.29, 0.717) is 18.0 Å². The monoisotopic (exact) mass is 248 g/mol. The molecular weight excluding hydrogens is 228 g/mol. The van der Waals surface area contributed by atoms with E-state index in [1.807, 2.05) is 4.90 Å². The van der Waals surface area contributed by atoms with Crippen molar-refractivity contribution in [2.75, 3.05) is 13.1 Å². The zero-order valence-corrected chi connectivity index (χ0v) is 10.9. The third-order valence-corrected chi connectivity index (χ3v) is 3.42. The van der Waals surface area contributed by atoms with Crippen molar-refractivity contribution < 1.29 is 9.90 Å². The zero-order chi connectivity index (χ0) is 13.3. The molecule has 1 aliphatic heterocycles. The highest BCUT2D eigenvalue weighted by Crippen LogP contribution is 2.21. The normalized spacial score (nSPS) is 24.1. The largest absolute Gasteiger partial charge is 0.508 e. The van der Waals surface area contributed by atoms with E-state index in [-0.39, 0.29) is 17.7 Å². The first kappa shape index (κ1) is 12.9. The number of carbonyl (C=O) groups is 1. The molecule has 2 unspecified atom stereocenters. The maximum atomic E-state index is 12.3. The van der Waals surface area contributed by atoms with Gasteiger partial charge in [0, 0.05) is 24.7 Å². The number of nitrogens with zero attached hydrogens (tertiary/aromatic N) is 1. The van der Waals surface area contributed by atoms with Crippen LogP contribution in [0.5, 0.6) is 5.75 Å². The smallest absolute Gasteiger partial charge is 0.253 e. The van der Waals surface area contributed by atoms with Crippen LogP contribution in [0.2, 0.25) is 0 Å². The standard InChI is InChI=1S/C14H20N2O2/c1-9-5-12(15)8-16(7-9)14(18)11-3-4-13(17)10(2)6-11/h3-4,6,9,12,17H,5,7-8,15H2,1-2H3. The Morgan fingerprint density at radius 1 is 1.44 bits per heavy atom. The molecule has 1 amide bonds. The third-order valence-electron chi connectivity index (χ3n) is 3.42. The van der Waals surface area contributed by atoms with Crippen molar-refractivity contribution in [3.05, 3.63) is 29.3 Å². The predicted octanol–water partition coefficient (Wildman–Crippen LogP) is 1.51. The van der Waals surface area contributed by atoms with Gasteiger partial charge < -0.3 is 15.7 Å². The third kappa shape index (κ3) is 2.64. The molecular formula is C14H20N2O2. The summed E-state index contributed by atoms with van der Waals surface area (Å²) in [6, 6.07) is 5.02. The van der Waals surface area contributed by atoms with Crippen LogP contribution in [0.15, 0.2) is 18.2 Å². The number of amides is 1. The van der Waals surface area contributed by atoms with Gasteiger partial charge in [-0.2, -0.15) is 0 Å². The number of benzene rings is 1. The van der Waals surface area contributed by atoms with Crippen LogP contribution in [0.1, 0.15) is 29.3 Å². The van der Waals surface area contributed by atoms with Gasteiger partial charge in [0.1, 0.15) is 5.75 Å². The second kappa shape index (κ2) is 4.98. The Balaban J connectivity index is 2.17. The van der Waals surface area contributed by atoms with Crippen molar-refractivity contribution in [2.24, 2.45) is 11.7 Å². The number of piperidine rings is 1. The summed E-state index contributed by atoms with van der Waals surface area (Å²) in [6.45, 7) is 5.27.